The Morgan fingerprint density at radius 2 is 1.95 bits per heavy atom. The summed E-state index contributed by atoms with van der Waals surface area (Å²) in [6.07, 6.45) is 1.43. The van der Waals surface area contributed by atoms with Crippen LogP contribution in [0.1, 0.15) is 20.8 Å². The molecule has 0 aliphatic rings. The SMILES string of the molecule is Cc1ccc(-c2c(C(=O)Nc3ccon3)csc2C)cc1. The molecule has 1 N–H and O–H groups in total. The highest BCUT2D eigenvalue weighted by Gasteiger charge is 2.18. The van der Waals surface area contributed by atoms with Crippen molar-refractivity contribution >= 4 is 23.1 Å². The van der Waals surface area contributed by atoms with Gasteiger partial charge in [-0.25, -0.2) is 0 Å². The number of rotatable bonds is 3. The molecular weight excluding hydrogens is 284 g/mol. The van der Waals surface area contributed by atoms with Crippen LogP contribution in [0.3, 0.4) is 0 Å². The van der Waals surface area contributed by atoms with Gasteiger partial charge in [0.1, 0.15) is 6.26 Å². The summed E-state index contributed by atoms with van der Waals surface area (Å²) in [7, 11) is 0. The summed E-state index contributed by atoms with van der Waals surface area (Å²) >= 11 is 1.57. The molecule has 106 valence electrons. The Morgan fingerprint density at radius 1 is 1.19 bits per heavy atom. The molecule has 0 saturated heterocycles. The minimum atomic E-state index is -0.177. The van der Waals surface area contributed by atoms with E-state index < -0.39 is 0 Å². The molecule has 0 aliphatic carbocycles. The van der Waals surface area contributed by atoms with E-state index in [2.05, 4.69) is 10.5 Å². The number of thiophene rings is 1. The highest BCUT2D eigenvalue weighted by Crippen LogP contribution is 2.33. The first-order valence-corrected chi connectivity index (χ1v) is 7.40. The van der Waals surface area contributed by atoms with Gasteiger partial charge in [-0.05, 0) is 19.4 Å². The van der Waals surface area contributed by atoms with E-state index in [0.29, 0.717) is 11.4 Å². The molecule has 5 heteroatoms. The number of hydrogen-bond acceptors (Lipinski definition) is 4. The van der Waals surface area contributed by atoms with E-state index in [4.69, 9.17) is 4.52 Å². The minimum Gasteiger partial charge on any atom is -0.363 e. The van der Waals surface area contributed by atoms with Gasteiger partial charge in [-0.3, -0.25) is 4.79 Å². The summed E-state index contributed by atoms with van der Waals surface area (Å²) in [6.45, 7) is 4.06. The first-order chi connectivity index (χ1) is 10.1. The number of aromatic nitrogens is 1. The van der Waals surface area contributed by atoms with Crippen LogP contribution in [0.4, 0.5) is 5.82 Å². The van der Waals surface area contributed by atoms with Crippen LogP contribution >= 0.6 is 11.3 Å². The zero-order valence-electron chi connectivity index (χ0n) is 11.7. The molecule has 1 amide bonds. The number of carbonyl (C=O) groups excluding carboxylic acids is 1. The van der Waals surface area contributed by atoms with E-state index in [0.717, 1.165) is 16.0 Å². The van der Waals surface area contributed by atoms with Gasteiger partial charge in [-0.2, -0.15) is 0 Å². The van der Waals surface area contributed by atoms with Gasteiger partial charge in [0, 0.05) is 21.9 Å². The van der Waals surface area contributed by atoms with Gasteiger partial charge in [0.2, 0.25) is 0 Å². The van der Waals surface area contributed by atoms with Gasteiger partial charge < -0.3 is 9.84 Å². The van der Waals surface area contributed by atoms with Crippen molar-refractivity contribution in [2.45, 2.75) is 13.8 Å². The molecular formula is C16H14N2O2S. The van der Waals surface area contributed by atoms with E-state index in [1.807, 2.05) is 43.5 Å². The number of hydrogen-bond donors (Lipinski definition) is 1. The summed E-state index contributed by atoms with van der Waals surface area (Å²) < 4.78 is 4.72. The van der Waals surface area contributed by atoms with Crippen molar-refractivity contribution in [3.63, 3.8) is 0 Å². The number of nitrogens with zero attached hydrogens (tertiary/aromatic N) is 1. The smallest absolute Gasteiger partial charge is 0.258 e. The summed E-state index contributed by atoms with van der Waals surface area (Å²) in [6, 6.07) is 9.79. The van der Waals surface area contributed by atoms with E-state index in [9.17, 15) is 4.79 Å². The quantitative estimate of drug-likeness (QED) is 0.785. The maximum atomic E-state index is 12.4. The van der Waals surface area contributed by atoms with E-state index in [1.165, 1.54) is 11.8 Å². The molecule has 0 radical (unpaired) electrons. The van der Waals surface area contributed by atoms with E-state index >= 15 is 0 Å². The lowest BCUT2D eigenvalue weighted by molar-refractivity contribution is 0.102. The van der Waals surface area contributed by atoms with Crippen LogP contribution in [-0.2, 0) is 0 Å². The zero-order valence-corrected chi connectivity index (χ0v) is 12.5. The molecule has 0 fully saturated rings. The van der Waals surface area contributed by atoms with Crippen molar-refractivity contribution in [1.82, 2.24) is 5.16 Å². The molecule has 21 heavy (non-hydrogen) atoms. The van der Waals surface area contributed by atoms with Crippen molar-refractivity contribution in [3.05, 3.63) is 58.0 Å². The zero-order chi connectivity index (χ0) is 14.8. The third kappa shape index (κ3) is 2.73. The Morgan fingerprint density at radius 3 is 2.62 bits per heavy atom. The minimum absolute atomic E-state index is 0.177. The molecule has 0 unspecified atom stereocenters. The van der Waals surface area contributed by atoms with Crippen molar-refractivity contribution in [3.8, 4) is 11.1 Å². The average Bonchev–Trinajstić information content (AvgIpc) is 3.09. The van der Waals surface area contributed by atoms with E-state index in [1.54, 1.807) is 17.4 Å². The molecule has 0 spiro atoms. The lowest BCUT2D eigenvalue weighted by Crippen LogP contribution is -2.12. The maximum absolute atomic E-state index is 12.4. The largest absolute Gasteiger partial charge is 0.363 e. The van der Waals surface area contributed by atoms with Crippen molar-refractivity contribution in [2.75, 3.05) is 5.32 Å². The third-order valence-corrected chi connectivity index (χ3v) is 4.15. The summed E-state index contributed by atoms with van der Waals surface area (Å²) in [5.41, 5.74) is 3.87. The van der Waals surface area contributed by atoms with Gasteiger partial charge in [-0.15, -0.1) is 11.3 Å². The van der Waals surface area contributed by atoms with Crippen molar-refractivity contribution in [1.29, 1.82) is 0 Å². The summed E-state index contributed by atoms with van der Waals surface area (Å²) in [5, 5.41) is 8.31. The fourth-order valence-electron chi connectivity index (χ4n) is 2.16. The first-order valence-electron chi connectivity index (χ1n) is 6.52. The number of anilines is 1. The number of carbonyl (C=O) groups is 1. The molecule has 3 aromatic rings. The standard InChI is InChI=1S/C16H14N2O2S/c1-10-3-5-12(6-4-10)15-11(2)21-9-13(15)16(19)17-14-7-8-20-18-14/h3-9H,1-2H3,(H,17,18,19). The third-order valence-electron chi connectivity index (χ3n) is 3.24. The Bertz CT molecular complexity index is 758. The second-order valence-corrected chi connectivity index (χ2v) is 5.87. The highest BCUT2D eigenvalue weighted by molar-refractivity contribution is 7.10. The van der Waals surface area contributed by atoms with E-state index in [-0.39, 0.29) is 5.91 Å². The summed E-state index contributed by atoms with van der Waals surface area (Å²) in [4.78, 5) is 13.5. The van der Waals surface area contributed by atoms with Gasteiger partial charge in [0.05, 0.1) is 5.56 Å². The van der Waals surface area contributed by atoms with Crippen LogP contribution in [0, 0.1) is 13.8 Å². The van der Waals surface area contributed by atoms with Crippen LogP contribution in [-0.4, -0.2) is 11.1 Å². The molecule has 0 atom stereocenters. The highest BCUT2D eigenvalue weighted by atomic mass is 32.1. The topological polar surface area (TPSA) is 55.1 Å². The van der Waals surface area contributed by atoms with Crippen molar-refractivity contribution < 1.29 is 9.32 Å². The number of aryl methyl sites for hydroxylation is 2. The molecule has 3 rings (SSSR count). The number of benzene rings is 1. The molecule has 4 nitrogen and oxygen atoms in total. The molecule has 0 aliphatic heterocycles. The van der Waals surface area contributed by atoms with Gasteiger partial charge in [-0.1, -0.05) is 35.0 Å². The number of amides is 1. The van der Waals surface area contributed by atoms with Gasteiger partial charge in [0.25, 0.3) is 5.91 Å². The van der Waals surface area contributed by atoms with Crippen LogP contribution in [0.15, 0.2) is 46.5 Å². The Balaban J connectivity index is 1.96. The Hall–Kier alpha value is -2.40. The second kappa shape index (κ2) is 5.54. The number of nitrogens with one attached hydrogen (secondary N) is 1. The predicted molar refractivity (Wildman–Crippen MR) is 83.7 cm³/mol. The summed E-state index contributed by atoms with van der Waals surface area (Å²) in [5.74, 6) is 0.238. The lowest BCUT2D eigenvalue weighted by atomic mass is 10.0. The monoisotopic (exact) mass is 298 g/mol. The average molecular weight is 298 g/mol. The molecule has 0 saturated carbocycles. The van der Waals surface area contributed by atoms with Crippen LogP contribution in [0.25, 0.3) is 11.1 Å². The molecule has 0 bridgehead atoms. The lowest BCUT2D eigenvalue weighted by Gasteiger charge is -2.06. The van der Waals surface area contributed by atoms with Gasteiger partial charge in [0.15, 0.2) is 5.82 Å². The van der Waals surface area contributed by atoms with Gasteiger partial charge >= 0.3 is 0 Å². The molecule has 2 aromatic heterocycles. The van der Waals surface area contributed by atoms with Crippen molar-refractivity contribution in [2.24, 2.45) is 0 Å². The predicted octanol–water partition coefficient (Wildman–Crippen LogP) is 4.27. The Kier molecular flexibility index (Phi) is 3.58. The second-order valence-electron chi connectivity index (χ2n) is 4.79. The first kappa shape index (κ1) is 13.6. The normalized spacial score (nSPS) is 10.6. The maximum Gasteiger partial charge on any atom is 0.258 e. The fourth-order valence-corrected chi connectivity index (χ4v) is 3.03. The van der Waals surface area contributed by atoms with Crippen LogP contribution < -0.4 is 5.32 Å². The van der Waals surface area contributed by atoms with Crippen LogP contribution in [0.2, 0.25) is 0 Å². The Labute approximate surface area is 126 Å². The molecule has 1 aromatic carbocycles. The van der Waals surface area contributed by atoms with Crippen LogP contribution in [0.5, 0.6) is 0 Å². The molecule has 2 heterocycles. The fraction of sp³-hybridized carbons (Fsp3) is 0.125.